The molecule has 0 radical (unpaired) electrons. The molecule has 3 aromatic rings. The number of piperidine rings is 1. The molecule has 3 heterocycles. The Kier molecular flexibility index (Phi) is 14.6. The molecule has 332 valence electrons. The Labute approximate surface area is 372 Å². The summed E-state index contributed by atoms with van der Waals surface area (Å²) in [4.78, 5) is 52.7. The number of ether oxygens (including phenoxy) is 3. The van der Waals surface area contributed by atoms with E-state index in [4.69, 9.17) is 54.0 Å². The van der Waals surface area contributed by atoms with Gasteiger partial charge in [0.25, 0.3) is 6.43 Å². The summed E-state index contributed by atoms with van der Waals surface area (Å²) >= 11 is 19.7. The van der Waals surface area contributed by atoms with E-state index >= 15 is 0 Å². The number of halogens is 5. The number of aryl methyl sites for hydroxylation is 1. The number of carbonyl (C=O) groups is 3. The van der Waals surface area contributed by atoms with Gasteiger partial charge >= 0.3 is 12.2 Å². The van der Waals surface area contributed by atoms with Crippen LogP contribution in [0.15, 0.2) is 48.7 Å². The highest BCUT2D eigenvalue weighted by molar-refractivity contribution is 6.37. The van der Waals surface area contributed by atoms with E-state index in [2.05, 4.69) is 4.90 Å². The zero-order chi connectivity index (χ0) is 44.4. The van der Waals surface area contributed by atoms with Gasteiger partial charge in [-0.15, -0.1) is 0 Å². The highest BCUT2D eigenvalue weighted by Gasteiger charge is 2.44. The highest BCUT2D eigenvalue weighted by Crippen LogP contribution is 2.40. The predicted molar refractivity (Wildman–Crippen MR) is 233 cm³/mol. The molecule has 2 saturated heterocycles. The second kappa shape index (κ2) is 19.1. The van der Waals surface area contributed by atoms with Crippen molar-refractivity contribution in [3.8, 4) is 5.75 Å². The van der Waals surface area contributed by atoms with Crippen molar-refractivity contribution in [2.45, 2.75) is 123 Å². The molecule has 1 aromatic heterocycles. The van der Waals surface area contributed by atoms with Crippen LogP contribution in [0, 0.1) is 12.8 Å². The van der Waals surface area contributed by atoms with E-state index in [9.17, 15) is 23.2 Å². The number of hydrogen-bond donors (Lipinski definition) is 0. The lowest BCUT2D eigenvalue weighted by Gasteiger charge is -2.40. The molecule has 1 saturated carbocycles. The number of hydrogen-bond acceptors (Lipinski definition) is 8. The van der Waals surface area contributed by atoms with Crippen LogP contribution in [0.1, 0.15) is 95.4 Å². The molecular weight excluding hydrogens is 851 g/mol. The zero-order valence-electron chi connectivity index (χ0n) is 35.9. The summed E-state index contributed by atoms with van der Waals surface area (Å²) < 4.78 is 44.6. The summed E-state index contributed by atoms with van der Waals surface area (Å²) in [6.07, 6.45) is 0.445. The van der Waals surface area contributed by atoms with Crippen molar-refractivity contribution in [1.29, 1.82) is 0 Å². The molecule has 0 spiro atoms. The van der Waals surface area contributed by atoms with Gasteiger partial charge in [0.05, 0.1) is 29.1 Å². The maximum Gasteiger partial charge on any atom is 0.410 e. The number of aromatic nitrogens is 1. The molecule has 3 atom stereocenters. The minimum Gasteiger partial charge on any atom is -0.485 e. The molecule has 1 aliphatic carbocycles. The Hall–Kier alpha value is -4.07. The lowest BCUT2D eigenvalue weighted by Crippen LogP contribution is -2.51. The van der Waals surface area contributed by atoms with Crippen molar-refractivity contribution in [3.05, 3.63) is 86.0 Å². The predicted octanol–water partition coefficient (Wildman–Crippen LogP) is 10.5. The van der Waals surface area contributed by atoms with Crippen molar-refractivity contribution in [2.24, 2.45) is 5.92 Å². The van der Waals surface area contributed by atoms with Crippen LogP contribution >= 0.6 is 34.8 Å². The molecule has 2 aliphatic heterocycles. The van der Waals surface area contributed by atoms with Crippen LogP contribution in [0.2, 0.25) is 15.1 Å². The van der Waals surface area contributed by atoms with Gasteiger partial charge in [-0.25, -0.2) is 23.4 Å². The fourth-order valence-electron chi connectivity index (χ4n) is 7.83. The highest BCUT2D eigenvalue weighted by atomic mass is 35.5. The Morgan fingerprint density at radius 3 is 2.15 bits per heavy atom. The Balaban J connectivity index is 1.21. The molecule has 3 fully saturated rings. The quantitative estimate of drug-likeness (QED) is 0.177. The van der Waals surface area contributed by atoms with Crippen molar-refractivity contribution in [3.63, 3.8) is 0 Å². The number of benzene rings is 2. The molecule has 3 aliphatic rings. The summed E-state index contributed by atoms with van der Waals surface area (Å²) in [6.45, 7) is 13.4. The van der Waals surface area contributed by atoms with Crippen LogP contribution < -0.4 is 9.64 Å². The number of pyridine rings is 1. The molecule has 2 aromatic carbocycles. The fourth-order valence-corrected chi connectivity index (χ4v) is 8.69. The van der Waals surface area contributed by atoms with E-state index in [0.717, 1.165) is 47.7 Å². The molecule has 3 amide bonds. The molecule has 16 heteroatoms. The number of carbonyl (C=O) groups excluding carboxylic acids is 3. The van der Waals surface area contributed by atoms with E-state index in [-0.39, 0.29) is 43.6 Å². The molecular formula is C45H56Cl3F2N5O6. The first kappa shape index (κ1) is 46.4. The van der Waals surface area contributed by atoms with Gasteiger partial charge in [0.1, 0.15) is 23.1 Å². The third kappa shape index (κ3) is 12.5. The van der Waals surface area contributed by atoms with E-state index in [1.54, 1.807) is 43.9 Å². The van der Waals surface area contributed by atoms with Gasteiger partial charge in [0.15, 0.2) is 5.75 Å². The first-order valence-electron chi connectivity index (χ1n) is 20.8. The van der Waals surface area contributed by atoms with Crippen LogP contribution in [-0.2, 0) is 27.4 Å². The lowest BCUT2D eigenvalue weighted by molar-refractivity contribution is -0.139. The van der Waals surface area contributed by atoms with Gasteiger partial charge in [0, 0.05) is 62.3 Å². The zero-order valence-corrected chi connectivity index (χ0v) is 38.1. The Morgan fingerprint density at radius 1 is 0.852 bits per heavy atom. The molecule has 0 N–H and O–H groups in total. The fraction of sp³-hybridized carbons (Fsp3) is 0.556. The Bertz CT molecular complexity index is 2040. The summed E-state index contributed by atoms with van der Waals surface area (Å²) in [7, 11) is 0. The standard InChI is InChI=1S/C45H56Cl3F2N5O6/c1-27-18-36(47)40(37(48)19-27)59-32-14-16-52(24-32)39-13-9-29(21-51-39)33-15-17-53(42(57)60-44(2,3)4)25-34(33)41(56)55(31-10-11-31)23-30-20-28(8-12-35(30)46)22-54(26-38(49)50)43(58)61-45(5,6)7/h8-9,12-13,18-21,31-34,38H,10-11,14-17,22-26H2,1-7H3/t32-,33+,34-/m0/s1. The average molecular weight is 907 g/mol. The largest absolute Gasteiger partial charge is 0.485 e. The van der Waals surface area contributed by atoms with Gasteiger partial charge in [-0.3, -0.25) is 9.69 Å². The molecule has 0 bridgehead atoms. The van der Waals surface area contributed by atoms with Crippen LogP contribution in [0.5, 0.6) is 5.75 Å². The van der Waals surface area contributed by atoms with E-state index in [1.807, 2.05) is 63.1 Å². The van der Waals surface area contributed by atoms with Crippen molar-refractivity contribution < 1.29 is 37.4 Å². The van der Waals surface area contributed by atoms with Crippen molar-refractivity contribution in [1.82, 2.24) is 19.7 Å². The third-order valence-electron chi connectivity index (χ3n) is 10.8. The molecule has 11 nitrogen and oxygen atoms in total. The summed E-state index contributed by atoms with van der Waals surface area (Å²) in [5, 5.41) is 1.34. The molecule has 61 heavy (non-hydrogen) atoms. The topological polar surface area (TPSA) is 105 Å². The van der Waals surface area contributed by atoms with Crippen LogP contribution in [0.4, 0.5) is 24.2 Å². The first-order valence-corrected chi connectivity index (χ1v) is 21.9. The number of nitrogens with zero attached hydrogens (tertiary/aromatic N) is 5. The maximum absolute atomic E-state index is 15.0. The van der Waals surface area contributed by atoms with Gasteiger partial charge < -0.3 is 28.9 Å². The van der Waals surface area contributed by atoms with E-state index in [1.165, 1.54) is 0 Å². The number of rotatable bonds is 12. The number of anilines is 1. The number of amides is 3. The van der Waals surface area contributed by atoms with Gasteiger partial charge in [-0.05, 0) is 114 Å². The SMILES string of the molecule is Cc1cc(Cl)c(O[C@H]2CCN(c3ccc([C@H]4CCN(C(=O)OC(C)(C)C)C[C@@H]4C(=O)N(Cc4cc(CN(CC(F)F)C(=O)OC(C)(C)C)ccc4Cl)C4CC4)cn3)C2)c(Cl)c1. The van der Waals surface area contributed by atoms with Crippen molar-refractivity contribution in [2.75, 3.05) is 37.6 Å². The normalized spacial score (nSPS) is 19.5. The average Bonchev–Trinajstić information content (AvgIpc) is 3.90. The minimum atomic E-state index is -2.77. The van der Waals surface area contributed by atoms with Gasteiger partial charge in [-0.2, -0.15) is 0 Å². The second-order valence-corrected chi connectivity index (χ2v) is 19.5. The second-order valence-electron chi connectivity index (χ2n) is 18.3. The van der Waals surface area contributed by atoms with Gasteiger partial charge in [0.2, 0.25) is 5.91 Å². The van der Waals surface area contributed by atoms with E-state index in [0.29, 0.717) is 51.5 Å². The van der Waals surface area contributed by atoms with Crippen LogP contribution in [0.3, 0.4) is 0 Å². The van der Waals surface area contributed by atoms with Crippen LogP contribution in [-0.4, -0.2) is 100 Å². The third-order valence-corrected chi connectivity index (χ3v) is 11.7. The monoisotopic (exact) mass is 905 g/mol. The summed E-state index contributed by atoms with van der Waals surface area (Å²) in [5.41, 5.74) is 1.41. The first-order chi connectivity index (χ1) is 28.6. The molecule has 0 unspecified atom stereocenters. The maximum atomic E-state index is 15.0. The number of alkyl halides is 2. The summed E-state index contributed by atoms with van der Waals surface area (Å²) in [5.74, 6) is 0.236. The van der Waals surface area contributed by atoms with E-state index < -0.39 is 42.3 Å². The van der Waals surface area contributed by atoms with Gasteiger partial charge in [-0.1, -0.05) is 53.0 Å². The van der Waals surface area contributed by atoms with Crippen molar-refractivity contribution >= 4 is 58.7 Å². The lowest BCUT2D eigenvalue weighted by atomic mass is 9.80. The minimum absolute atomic E-state index is 0.0441. The Morgan fingerprint density at radius 2 is 1.54 bits per heavy atom. The van der Waals surface area contributed by atoms with Crippen LogP contribution in [0.25, 0.3) is 0 Å². The smallest absolute Gasteiger partial charge is 0.410 e. The summed E-state index contributed by atoms with van der Waals surface area (Å²) in [6, 6.07) is 12.7. The number of likely N-dealkylation sites (tertiary alicyclic amines) is 1. The molecule has 6 rings (SSSR count).